The quantitative estimate of drug-likeness (QED) is 0.898. The summed E-state index contributed by atoms with van der Waals surface area (Å²) in [6.45, 7) is 5.46. The molecule has 2 nitrogen and oxygen atoms in total. The van der Waals surface area contributed by atoms with Gasteiger partial charge >= 0.3 is 0 Å². The number of hydrogen-bond acceptors (Lipinski definition) is 3. The average molecular weight is 351 g/mol. The van der Waals surface area contributed by atoms with Crippen molar-refractivity contribution in [2.24, 2.45) is 0 Å². The fourth-order valence-corrected chi connectivity index (χ4v) is 4.20. The Morgan fingerprint density at radius 3 is 2.75 bits per heavy atom. The second kappa shape index (κ2) is 6.39. The molecule has 0 bridgehead atoms. The Morgan fingerprint density at radius 2 is 2.05 bits per heavy atom. The number of piperazine rings is 1. The number of nitrogens with one attached hydrogen (secondary N) is 1. The van der Waals surface area contributed by atoms with Crippen LogP contribution in [0.15, 0.2) is 46.3 Å². The molecular formula is C16H19BrN2S. The molecule has 3 rings (SSSR count). The molecule has 1 aromatic heterocycles. The Balaban J connectivity index is 1.70. The van der Waals surface area contributed by atoms with Crippen molar-refractivity contribution in [3.63, 3.8) is 0 Å². The minimum atomic E-state index is 0.441. The SMILES string of the molecule is CC1CNC(c2ccccc2)CN1Cc1ccc(Br)s1. The number of rotatable bonds is 3. The first kappa shape index (κ1) is 14.3. The average Bonchev–Trinajstić information content (AvgIpc) is 2.88. The Morgan fingerprint density at radius 1 is 1.25 bits per heavy atom. The van der Waals surface area contributed by atoms with Gasteiger partial charge in [0, 0.05) is 36.6 Å². The summed E-state index contributed by atoms with van der Waals surface area (Å²) in [6.07, 6.45) is 0. The minimum absolute atomic E-state index is 0.441. The van der Waals surface area contributed by atoms with E-state index >= 15 is 0 Å². The van der Waals surface area contributed by atoms with E-state index in [0.29, 0.717) is 12.1 Å². The Labute approximate surface area is 132 Å². The highest BCUT2D eigenvalue weighted by atomic mass is 79.9. The third-order valence-electron chi connectivity index (χ3n) is 3.89. The molecule has 106 valence electrons. The van der Waals surface area contributed by atoms with Gasteiger partial charge in [-0.15, -0.1) is 11.3 Å². The highest BCUT2D eigenvalue weighted by Crippen LogP contribution is 2.26. The molecule has 1 aromatic carbocycles. The summed E-state index contributed by atoms with van der Waals surface area (Å²) in [5, 5.41) is 3.66. The lowest BCUT2D eigenvalue weighted by molar-refractivity contribution is 0.134. The molecule has 1 saturated heterocycles. The summed E-state index contributed by atoms with van der Waals surface area (Å²) >= 11 is 5.38. The van der Waals surface area contributed by atoms with Crippen molar-refractivity contribution >= 4 is 27.3 Å². The van der Waals surface area contributed by atoms with Crippen LogP contribution in [0.4, 0.5) is 0 Å². The lowest BCUT2D eigenvalue weighted by Gasteiger charge is -2.38. The van der Waals surface area contributed by atoms with E-state index in [1.54, 1.807) is 0 Å². The van der Waals surface area contributed by atoms with Crippen molar-refractivity contribution in [1.29, 1.82) is 0 Å². The maximum absolute atomic E-state index is 3.66. The van der Waals surface area contributed by atoms with Crippen molar-refractivity contribution in [2.45, 2.75) is 25.6 Å². The van der Waals surface area contributed by atoms with Gasteiger partial charge in [-0.05, 0) is 40.5 Å². The van der Waals surface area contributed by atoms with Crippen molar-refractivity contribution in [2.75, 3.05) is 13.1 Å². The normalized spacial score (nSPS) is 23.9. The lowest BCUT2D eigenvalue weighted by Crippen LogP contribution is -2.50. The number of halogens is 1. The molecule has 1 aliphatic heterocycles. The standard InChI is InChI=1S/C16H19BrN2S/c1-12-9-18-15(13-5-3-2-4-6-13)11-19(12)10-14-7-8-16(17)20-14/h2-8,12,15,18H,9-11H2,1H3. The Hall–Kier alpha value is -0.680. The third-order valence-corrected chi connectivity index (χ3v) is 5.50. The van der Waals surface area contributed by atoms with Gasteiger partial charge in [0.05, 0.1) is 3.79 Å². The van der Waals surface area contributed by atoms with Crippen molar-refractivity contribution in [3.8, 4) is 0 Å². The van der Waals surface area contributed by atoms with Gasteiger partial charge in [-0.3, -0.25) is 4.90 Å². The molecule has 0 saturated carbocycles. The summed E-state index contributed by atoms with van der Waals surface area (Å²) < 4.78 is 1.22. The number of hydrogen-bond donors (Lipinski definition) is 1. The molecule has 0 aliphatic carbocycles. The predicted molar refractivity (Wildman–Crippen MR) is 89.1 cm³/mol. The molecule has 1 fully saturated rings. The topological polar surface area (TPSA) is 15.3 Å². The summed E-state index contributed by atoms with van der Waals surface area (Å²) in [7, 11) is 0. The maximum Gasteiger partial charge on any atom is 0.0701 e. The van der Waals surface area contributed by atoms with Crippen LogP contribution in [0.2, 0.25) is 0 Å². The van der Waals surface area contributed by atoms with Crippen LogP contribution in [-0.4, -0.2) is 24.0 Å². The minimum Gasteiger partial charge on any atom is -0.307 e. The van der Waals surface area contributed by atoms with E-state index in [4.69, 9.17) is 0 Å². The molecule has 4 heteroatoms. The van der Waals surface area contributed by atoms with Gasteiger partial charge in [-0.25, -0.2) is 0 Å². The molecule has 20 heavy (non-hydrogen) atoms. The first-order valence-corrected chi connectivity index (χ1v) is 8.60. The largest absolute Gasteiger partial charge is 0.307 e. The molecule has 2 atom stereocenters. The van der Waals surface area contributed by atoms with Gasteiger partial charge in [-0.2, -0.15) is 0 Å². The van der Waals surface area contributed by atoms with Gasteiger partial charge in [0.15, 0.2) is 0 Å². The van der Waals surface area contributed by atoms with E-state index < -0.39 is 0 Å². The monoisotopic (exact) mass is 350 g/mol. The zero-order valence-corrected chi connectivity index (χ0v) is 14.0. The number of thiophene rings is 1. The molecular weight excluding hydrogens is 332 g/mol. The Kier molecular flexibility index (Phi) is 4.56. The highest BCUT2D eigenvalue weighted by molar-refractivity contribution is 9.11. The molecule has 0 spiro atoms. The third kappa shape index (κ3) is 3.31. The van der Waals surface area contributed by atoms with Crippen molar-refractivity contribution in [1.82, 2.24) is 10.2 Å². The van der Waals surface area contributed by atoms with Crippen LogP contribution in [0.5, 0.6) is 0 Å². The van der Waals surface area contributed by atoms with Crippen LogP contribution >= 0.6 is 27.3 Å². The van der Waals surface area contributed by atoms with Crippen LogP contribution in [0.3, 0.4) is 0 Å². The fraction of sp³-hybridized carbons (Fsp3) is 0.375. The summed E-state index contributed by atoms with van der Waals surface area (Å²) in [6, 6.07) is 16.1. The second-order valence-electron chi connectivity index (χ2n) is 5.36. The van der Waals surface area contributed by atoms with Crippen LogP contribution in [0.1, 0.15) is 23.4 Å². The smallest absolute Gasteiger partial charge is 0.0701 e. The fourth-order valence-electron chi connectivity index (χ4n) is 2.69. The van der Waals surface area contributed by atoms with E-state index in [1.807, 2.05) is 11.3 Å². The summed E-state index contributed by atoms with van der Waals surface area (Å²) in [5.74, 6) is 0. The first-order valence-electron chi connectivity index (χ1n) is 6.99. The summed E-state index contributed by atoms with van der Waals surface area (Å²) in [4.78, 5) is 4.00. The molecule has 2 heterocycles. The molecule has 1 N–H and O–H groups in total. The number of nitrogens with zero attached hydrogens (tertiary/aromatic N) is 1. The van der Waals surface area contributed by atoms with Crippen LogP contribution < -0.4 is 5.32 Å². The van der Waals surface area contributed by atoms with Gasteiger partial charge in [0.25, 0.3) is 0 Å². The van der Waals surface area contributed by atoms with Gasteiger partial charge in [0.2, 0.25) is 0 Å². The molecule has 0 radical (unpaired) electrons. The predicted octanol–water partition coefficient (Wildman–Crippen LogP) is 4.05. The first-order chi connectivity index (χ1) is 9.72. The van der Waals surface area contributed by atoms with Gasteiger partial charge in [-0.1, -0.05) is 30.3 Å². The van der Waals surface area contributed by atoms with E-state index in [2.05, 4.69) is 75.5 Å². The van der Waals surface area contributed by atoms with E-state index in [9.17, 15) is 0 Å². The molecule has 0 amide bonds. The lowest BCUT2D eigenvalue weighted by atomic mass is 10.0. The van der Waals surface area contributed by atoms with Crippen molar-refractivity contribution in [3.05, 3.63) is 56.7 Å². The van der Waals surface area contributed by atoms with E-state index in [0.717, 1.165) is 19.6 Å². The van der Waals surface area contributed by atoms with Gasteiger partial charge in [0.1, 0.15) is 0 Å². The molecule has 1 aliphatic rings. The zero-order valence-electron chi connectivity index (χ0n) is 11.6. The molecule has 2 aromatic rings. The van der Waals surface area contributed by atoms with Crippen molar-refractivity contribution < 1.29 is 0 Å². The number of benzene rings is 1. The van der Waals surface area contributed by atoms with E-state index in [1.165, 1.54) is 14.2 Å². The Bertz CT molecular complexity index is 555. The zero-order chi connectivity index (χ0) is 13.9. The van der Waals surface area contributed by atoms with Crippen LogP contribution in [0.25, 0.3) is 0 Å². The maximum atomic E-state index is 3.66. The summed E-state index contributed by atoms with van der Waals surface area (Å²) in [5.41, 5.74) is 1.39. The van der Waals surface area contributed by atoms with E-state index in [-0.39, 0.29) is 0 Å². The van der Waals surface area contributed by atoms with Crippen LogP contribution in [-0.2, 0) is 6.54 Å². The molecule has 2 unspecified atom stereocenters. The second-order valence-corrected chi connectivity index (χ2v) is 7.90. The van der Waals surface area contributed by atoms with Crippen LogP contribution in [0, 0.1) is 0 Å². The van der Waals surface area contributed by atoms with Gasteiger partial charge < -0.3 is 5.32 Å². The highest BCUT2D eigenvalue weighted by Gasteiger charge is 2.26.